The second-order valence-corrected chi connectivity index (χ2v) is 9.59. The summed E-state index contributed by atoms with van der Waals surface area (Å²) in [6.07, 6.45) is 6.69. The average molecular weight is 529 g/mol. The Hall–Kier alpha value is -4.98. The van der Waals surface area contributed by atoms with E-state index in [2.05, 4.69) is 77.9 Å². The van der Waals surface area contributed by atoms with E-state index in [0.717, 1.165) is 69.3 Å². The molecule has 2 aromatic carbocycles. The van der Waals surface area contributed by atoms with Crippen LogP contribution < -0.4 is 15.5 Å². The Morgan fingerprint density at radius 3 is 2.38 bits per heavy atom. The molecule has 8 nitrogen and oxygen atoms in total. The van der Waals surface area contributed by atoms with Crippen LogP contribution in [-0.2, 0) is 0 Å². The molecule has 1 aliphatic rings. The van der Waals surface area contributed by atoms with E-state index in [1.165, 1.54) is 12.1 Å². The molecule has 200 valence electrons. The molecular weight excluding hydrogens is 496 g/mol. The van der Waals surface area contributed by atoms with Crippen LogP contribution in [0.2, 0.25) is 0 Å². The monoisotopic (exact) mass is 528 g/mol. The van der Waals surface area contributed by atoms with E-state index in [9.17, 15) is 0 Å². The molecule has 0 saturated carbocycles. The molecule has 0 spiro atoms. The number of fused-ring (bicyclic) bond motifs is 2. The van der Waals surface area contributed by atoms with Crippen LogP contribution in [0.15, 0.2) is 85.3 Å². The van der Waals surface area contributed by atoms with E-state index in [1.807, 2.05) is 51.2 Å². The Morgan fingerprint density at radius 1 is 0.775 bits per heavy atom. The fourth-order valence-corrected chi connectivity index (χ4v) is 4.78. The van der Waals surface area contributed by atoms with Gasteiger partial charge in [0, 0.05) is 64.9 Å². The molecule has 7 rings (SSSR count). The van der Waals surface area contributed by atoms with Gasteiger partial charge in [-0.3, -0.25) is 9.97 Å². The molecule has 0 amide bonds. The molecule has 3 N–H and O–H groups in total. The Bertz CT molecular complexity index is 1770. The molecule has 1 aliphatic heterocycles. The second kappa shape index (κ2) is 11.0. The molecule has 5 heterocycles. The summed E-state index contributed by atoms with van der Waals surface area (Å²) in [5, 5.41) is 8.08. The van der Waals surface area contributed by atoms with Gasteiger partial charge in [0.1, 0.15) is 5.82 Å². The fourth-order valence-electron chi connectivity index (χ4n) is 4.78. The fraction of sp³-hybridized carbons (Fsp3) is 0.188. The van der Waals surface area contributed by atoms with Crippen molar-refractivity contribution in [3.8, 4) is 11.4 Å². The minimum atomic E-state index is 0.680. The van der Waals surface area contributed by atoms with Gasteiger partial charge < -0.3 is 20.5 Å². The van der Waals surface area contributed by atoms with E-state index < -0.39 is 0 Å². The van der Waals surface area contributed by atoms with Crippen LogP contribution in [0.4, 0.5) is 28.4 Å². The van der Waals surface area contributed by atoms with Crippen LogP contribution in [0.1, 0.15) is 26.0 Å². The van der Waals surface area contributed by atoms with Crippen molar-refractivity contribution in [2.45, 2.75) is 27.2 Å². The first kappa shape index (κ1) is 25.3. The molecule has 0 atom stereocenters. The normalized spacial score (nSPS) is 12.5. The summed E-state index contributed by atoms with van der Waals surface area (Å²) >= 11 is 0. The lowest BCUT2D eigenvalue weighted by molar-refractivity contribution is 0.618. The summed E-state index contributed by atoms with van der Waals surface area (Å²) in [5.74, 6) is 0.782. The quantitative estimate of drug-likeness (QED) is 0.205. The van der Waals surface area contributed by atoms with Crippen molar-refractivity contribution >= 4 is 50.5 Å². The first-order chi connectivity index (χ1) is 19.7. The number of hydrogen-bond acceptors (Lipinski definition) is 7. The number of benzene rings is 2. The van der Waals surface area contributed by atoms with E-state index in [0.29, 0.717) is 5.65 Å². The highest BCUT2D eigenvalue weighted by atomic mass is 15.2. The predicted octanol–water partition coefficient (Wildman–Crippen LogP) is 7.60. The van der Waals surface area contributed by atoms with Crippen LogP contribution in [-0.4, -0.2) is 38.0 Å². The number of nitrogens with one attached hydrogen (secondary N) is 3. The predicted molar refractivity (Wildman–Crippen MR) is 165 cm³/mol. The van der Waals surface area contributed by atoms with Gasteiger partial charge in [-0.15, -0.1) is 0 Å². The summed E-state index contributed by atoms with van der Waals surface area (Å²) in [4.78, 5) is 23.8. The van der Waals surface area contributed by atoms with Gasteiger partial charge in [0.15, 0.2) is 5.65 Å². The van der Waals surface area contributed by atoms with Crippen molar-refractivity contribution in [2.75, 3.05) is 28.6 Å². The number of nitrogens with zero attached hydrogens (tertiary/aromatic N) is 5. The zero-order valence-corrected chi connectivity index (χ0v) is 22.9. The Morgan fingerprint density at radius 2 is 1.60 bits per heavy atom. The maximum Gasteiger partial charge on any atom is 0.178 e. The first-order valence-corrected chi connectivity index (χ1v) is 13.7. The SMILES string of the molecule is CC.Cc1cc(Nc2cnc3nc(-c4ccc(Nc5ccnc6ccc(N7CCC7)cc56)cc4)[nH]c3c2)ccn1. The summed E-state index contributed by atoms with van der Waals surface area (Å²) in [5.41, 5.74) is 9.65. The Balaban J connectivity index is 0.00000142. The molecule has 0 aliphatic carbocycles. The third kappa shape index (κ3) is 5.16. The number of pyridine rings is 3. The van der Waals surface area contributed by atoms with Gasteiger partial charge in [0.05, 0.1) is 22.9 Å². The van der Waals surface area contributed by atoms with Crippen LogP contribution in [0.5, 0.6) is 0 Å². The minimum Gasteiger partial charge on any atom is -0.371 e. The van der Waals surface area contributed by atoms with Gasteiger partial charge in [-0.2, -0.15) is 0 Å². The molecule has 6 aromatic rings. The van der Waals surface area contributed by atoms with Gasteiger partial charge in [0.25, 0.3) is 0 Å². The van der Waals surface area contributed by atoms with Gasteiger partial charge in [0.2, 0.25) is 0 Å². The smallest absolute Gasteiger partial charge is 0.178 e. The lowest BCUT2D eigenvalue weighted by atomic mass is 10.1. The highest BCUT2D eigenvalue weighted by Crippen LogP contribution is 2.31. The molecule has 0 bridgehead atoms. The van der Waals surface area contributed by atoms with E-state index in [4.69, 9.17) is 4.98 Å². The molecule has 8 heteroatoms. The number of aryl methyl sites for hydroxylation is 1. The summed E-state index contributed by atoms with van der Waals surface area (Å²) in [6.45, 7) is 8.21. The van der Waals surface area contributed by atoms with Crippen LogP contribution in [0, 0.1) is 6.92 Å². The number of rotatable bonds is 6. The van der Waals surface area contributed by atoms with Crippen molar-refractivity contribution in [1.82, 2.24) is 24.9 Å². The Labute approximate surface area is 233 Å². The van der Waals surface area contributed by atoms with Gasteiger partial charge >= 0.3 is 0 Å². The summed E-state index contributed by atoms with van der Waals surface area (Å²) < 4.78 is 0. The molecule has 1 fully saturated rings. The Kier molecular flexibility index (Phi) is 6.97. The second-order valence-electron chi connectivity index (χ2n) is 9.59. The van der Waals surface area contributed by atoms with Crippen LogP contribution in [0.3, 0.4) is 0 Å². The van der Waals surface area contributed by atoms with Crippen molar-refractivity contribution in [3.63, 3.8) is 0 Å². The van der Waals surface area contributed by atoms with Gasteiger partial charge in [-0.05, 0) is 80.1 Å². The topological polar surface area (TPSA) is 94.6 Å². The molecule has 1 saturated heterocycles. The summed E-state index contributed by atoms with van der Waals surface area (Å²) in [6, 6.07) is 22.7. The molecule has 0 unspecified atom stereocenters. The average Bonchev–Trinajstić information content (AvgIpc) is 3.38. The standard InChI is InChI=1S/C30H26N8.C2H6/c1-19-15-22(9-11-31-19)34-23-16-28-30(33-18-23)37-29(36-28)20-3-5-21(6-4-20)35-27-10-12-32-26-8-7-24(17-25(26)27)38-13-2-14-38;1-2/h3-12,15-18H,2,13-14H2,1H3,(H,31,34)(H,32,35)(H,33,36,37);1-2H3. The van der Waals surface area contributed by atoms with Gasteiger partial charge in [-0.25, -0.2) is 9.97 Å². The highest BCUT2D eigenvalue weighted by Gasteiger charge is 2.15. The zero-order chi connectivity index (χ0) is 27.5. The molecule has 40 heavy (non-hydrogen) atoms. The van der Waals surface area contributed by atoms with Crippen molar-refractivity contribution in [2.24, 2.45) is 0 Å². The number of imidazole rings is 1. The number of aromatic nitrogens is 5. The van der Waals surface area contributed by atoms with Crippen LogP contribution in [0.25, 0.3) is 33.5 Å². The number of anilines is 5. The number of H-pyrrole nitrogens is 1. The first-order valence-electron chi connectivity index (χ1n) is 13.7. The van der Waals surface area contributed by atoms with Crippen molar-refractivity contribution < 1.29 is 0 Å². The zero-order valence-electron chi connectivity index (χ0n) is 22.9. The van der Waals surface area contributed by atoms with E-state index >= 15 is 0 Å². The summed E-state index contributed by atoms with van der Waals surface area (Å²) in [7, 11) is 0. The minimum absolute atomic E-state index is 0.680. The number of hydrogen-bond donors (Lipinski definition) is 3. The maximum atomic E-state index is 4.70. The van der Waals surface area contributed by atoms with Crippen molar-refractivity contribution in [3.05, 3.63) is 91.0 Å². The third-order valence-electron chi connectivity index (χ3n) is 6.91. The van der Waals surface area contributed by atoms with E-state index in [1.54, 1.807) is 12.4 Å². The van der Waals surface area contributed by atoms with E-state index in [-0.39, 0.29) is 0 Å². The maximum absolute atomic E-state index is 4.70. The lowest BCUT2D eigenvalue weighted by Gasteiger charge is -2.33. The molecule has 4 aromatic heterocycles. The lowest BCUT2D eigenvalue weighted by Crippen LogP contribution is -2.36. The molecule has 0 radical (unpaired) electrons. The van der Waals surface area contributed by atoms with Crippen molar-refractivity contribution in [1.29, 1.82) is 0 Å². The third-order valence-corrected chi connectivity index (χ3v) is 6.91. The molecular formula is C32H32N8. The van der Waals surface area contributed by atoms with Crippen LogP contribution >= 0.6 is 0 Å². The number of aromatic amines is 1. The largest absolute Gasteiger partial charge is 0.371 e. The highest BCUT2D eigenvalue weighted by molar-refractivity contribution is 5.95. The van der Waals surface area contributed by atoms with Gasteiger partial charge in [-0.1, -0.05) is 13.8 Å².